The third-order valence-corrected chi connectivity index (χ3v) is 7.07. The number of hydrogen-bond acceptors (Lipinski definition) is 4. The Morgan fingerprint density at radius 3 is 2.58 bits per heavy atom. The molecule has 0 radical (unpaired) electrons. The fourth-order valence-electron chi connectivity index (χ4n) is 3.91. The molecule has 2 atom stereocenters. The van der Waals surface area contributed by atoms with Crippen molar-refractivity contribution in [2.24, 2.45) is 5.41 Å². The predicted octanol–water partition coefficient (Wildman–Crippen LogP) is 2.92. The zero-order chi connectivity index (χ0) is 17.5. The van der Waals surface area contributed by atoms with Gasteiger partial charge in [-0.3, -0.25) is 0 Å². The van der Waals surface area contributed by atoms with Crippen molar-refractivity contribution < 1.29 is 4.55 Å². The lowest BCUT2D eigenvalue weighted by atomic mass is 9.73. The Morgan fingerprint density at radius 2 is 2.00 bits per heavy atom. The molecule has 4 nitrogen and oxygen atoms in total. The van der Waals surface area contributed by atoms with Crippen molar-refractivity contribution in [1.29, 1.82) is 5.26 Å². The standard InChI is InChI=1S/C19H27N3OS/c1-18(2,3)24(23)21-17-16-11-14(13-20)5-6-15(16)12-19(17)7-9-22(4)10-8-19/h5-6,11,17,21H,7-10,12H2,1-4H3/t17-,24?/m1/s1. The number of benzene rings is 1. The van der Waals surface area contributed by atoms with Crippen LogP contribution >= 0.6 is 0 Å². The first kappa shape index (κ1) is 17.8. The van der Waals surface area contributed by atoms with E-state index in [0.29, 0.717) is 5.56 Å². The molecule has 1 N–H and O–H groups in total. The highest BCUT2D eigenvalue weighted by molar-refractivity contribution is 7.90. The number of rotatable bonds is 2. The number of likely N-dealkylation sites (tertiary alicyclic amines) is 1. The zero-order valence-electron chi connectivity index (χ0n) is 15.1. The largest absolute Gasteiger partial charge is 0.598 e. The smallest absolute Gasteiger partial charge is 0.136 e. The zero-order valence-corrected chi connectivity index (χ0v) is 15.9. The molecule has 1 aromatic rings. The van der Waals surface area contributed by atoms with Gasteiger partial charge in [-0.1, -0.05) is 6.07 Å². The van der Waals surface area contributed by atoms with E-state index in [0.717, 1.165) is 32.4 Å². The van der Waals surface area contributed by atoms with Gasteiger partial charge >= 0.3 is 0 Å². The Kier molecular flexibility index (Phi) is 4.69. The molecule has 3 rings (SSSR count). The third kappa shape index (κ3) is 3.21. The molecule has 1 heterocycles. The monoisotopic (exact) mass is 345 g/mol. The van der Waals surface area contributed by atoms with Crippen LogP contribution in [0, 0.1) is 16.7 Å². The Balaban J connectivity index is 1.97. The van der Waals surface area contributed by atoms with Crippen LogP contribution in [0.15, 0.2) is 18.2 Å². The number of nitrogens with one attached hydrogen (secondary N) is 1. The van der Waals surface area contributed by atoms with Gasteiger partial charge in [0.25, 0.3) is 0 Å². The number of nitriles is 1. The van der Waals surface area contributed by atoms with Crippen LogP contribution in [0.5, 0.6) is 0 Å². The van der Waals surface area contributed by atoms with Gasteiger partial charge in [0.15, 0.2) is 0 Å². The van der Waals surface area contributed by atoms with Crippen molar-refractivity contribution in [3.8, 4) is 6.07 Å². The number of nitrogens with zero attached hydrogens (tertiary/aromatic N) is 2. The summed E-state index contributed by atoms with van der Waals surface area (Å²) in [7, 11) is 2.17. The molecule has 1 spiro atoms. The normalized spacial score (nSPS) is 24.6. The molecule has 24 heavy (non-hydrogen) atoms. The molecule has 0 saturated carbocycles. The van der Waals surface area contributed by atoms with Crippen molar-refractivity contribution in [2.75, 3.05) is 20.1 Å². The molecule has 0 bridgehead atoms. The molecular weight excluding hydrogens is 318 g/mol. The van der Waals surface area contributed by atoms with Gasteiger partial charge in [0.2, 0.25) is 0 Å². The van der Waals surface area contributed by atoms with Gasteiger partial charge in [0, 0.05) is 16.8 Å². The Morgan fingerprint density at radius 1 is 1.33 bits per heavy atom. The summed E-state index contributed by atoms with van der Waals surface area (Å²) in [6, 6.07) is 8.31. The van der Waals surface area contributed by atoms with E-state index in [9.17, 15) is 9.81 Å². The first-order valence-electron chi connectivity index (χ1n) is 8.65. The van der Waals surface area contributed by atoms with Crippen LogP contribution in [0.4, 0.5) is 0 Å². The Labute approximate surface area is 148 Å². The summed E-state index contributed by atoms with van der Waals surface area (Å²) >= 11 is -1.13. The average molecular weight is 346 g/mol. The second-order valence-electron chi connectivity index (χ2n) is 8.30. The van der Waals surface area contributed by atoms with Crippen molar-refractivity contribution in [1.82, 2.24) is 9.62 Å². The highest BCUT2D eigenvalue weighted by atomic mass is 32.2. The maximum atomic E-state index is 12.8. The minimum atomic E-state index is -1.13. The average Bonchev–Trinajstić information content (AvgIpc) is 2.82. The first-order chi connectivity index (χ1) is 11.2. The molecule has 2 aliphatic rings. The number of piperidine rings is 1. The third-order valence-electron chi connectivity index (χ3n) is 5.50. The molecule has 1 aliphatic carbocycles. The predicted molar refractivity (Wildman–Crippen MR) is 97.8 cm³/mol. The molecular formula is C19H27N3OS. The molecule has 0 aromatic heterocycles. The molecule has 5 heteroatoms. The van der Waals surface area contributed by atoms with Crippen LogP contribution in [-0.4, -0.2) is 34.3 Å². The number of fused-ring (bicyclic) bond motifs is 1. The lowest BCUT2D eigenvalue weighted by molar-refractivity contribution is 0.0994. The molecule has 1 aliphatic heterocycles. The second-order valence-corrected chi connectivity index (χ2v) is 10.3. The van der Waals surface area contributed by atoms with Crippen LogP contribution in [-0.2, 0) is 17.8 Å². The fourth-order valence-corrected chi connectivity index (χ4v) is 4.85. The molecule has 0 amide bonds. The van der Waals surface area contributed by atoms with Crippen molar-refractivity contribution in [2.45, 2.75) is 50.8 Å². The van der Waals surface area contributed by atoms with Gasteiger partial charge in [-0.25, -0.2) is 0 Å². The summed E-state index contributed by atoms with van der Waals surface area (Å²) in [5, 5.41) is 9.27. The molecule has 1 saturated heterocycles. The van der Waals surface area contributed by atoms with Crippen LogP contribution in [0.2, 0.25) is 0 Å². The van der Waals surface area contributed by atoms with Crippen LogP contribution in [0.25, 0.3) is 0 Å². The van der Waals surface area contributed by atoms with E-state index >= 15 is 0 Å². The first-order valence-corrected chi connectivity index (χ1v) is 9.80. The van der Waals surface area contributed by atoms with Crippen molar-refractivity contribution >= 4 is 11.4 Å². The molecule has 1 unspecified atom stereocenters. The lowest BCUT2D eigenvalue weighted by Gasteiger charge is -2.43. The Bertz CT molecular complexity index is 654. The number of hydrogen-bond donors (Lipinski definition) is 1. The fraction of sp³-hybridized carbons (Fsp3) is 0.632. The SMILES string of the molecule is CN1CCC2(CC1)Cc1ccc(C#N)cc1[C@H]2N[S+]([O-])C(C)(C)C. The van der Waals surface area contributed by atoms with Gasteiger partial charge in [-0.2, -0.15) is 5.26 Å². The molecule has 1 aromatic carbocycles. The van der Waals surface area contributed by atoms with Gasteiger partial charge in [-0.05, 0) is 83.4 Å². The quantitative estimate of drug-likeness (QED) is 0.837. The van der Waals surface area contributed by atoms with Crippen LogP contribution < -0.4 is 4.72 Å². The maximum absolute atomic E-state index is 12.8. The van der Waals surface area contributed by atoms with Gasteiger partial charge < -0.3 is 9.45 Å². The van der Waals surface area contributed by atoms with Gasteiger partial charge in [0.1, 0.15) is 4.75 Å². The minimum absolute atomic E-state index is 0.0644. The second kappa shape index (κ2) is 6.34. The van der Waals surface area contributed by atoms with E-state index in [4.69, 9.17) is 0 Å². The summed E-state index contributed by atoms with van der Waals surface area (Å²) < 4.78 is 15.9. The van der Waals surface area contributed by atoms with E-state index in [1.807, 2.05) is 32.9 Å². The summed E-state index contributed by atoms with van der Waals surface area (Å²) in [4.78, 5) is 2.37. The van der Waals surface area contributed by atoms with E-state index in [2.05, 4.69) is 28.8 Å². The minimum Gasteiger partial charge on any atom is -0.598 e. The van der Waals surface area contributed by atoms with Crippen molar-refractivity contribution in [3.05, 3.63) is 34.9 Å². The van der Waals surface area contributed by atoms with Crippen molar-refractivity contribution in [3.63, 3.8) is 0 Å². The van der Waals surface area contributed by atoms with Gasteiger partial charge in [-0.15, -0.1) is 4.72 Å². The van der Waals surface area contributed by atoms with Crippen LogP contribution in [0.1, 0.15) is 56.3 Å². The lowest BCUT2D eigenvalue weighted by Crippen LogP contribution is -2.49. The highest BCUT2D eigenvalue weighted by Gasteiger charge is 2.50. The maximum Gasteiger partial charge on any atom is 0.136 e. The molecule has 130 valence electrons. The van der Waals surface area contributed by atoms with E-state index in [-0.39, 0.29) is 16.2 Å². The van der Waals surface area contributed by atoms with Gasteiger partial charge in [0.05, 0.1) is 17.7 Å². The molecule has 1 fully saturated rings. The Hall–Kier alpha value is -1.06. The van der Waals surface area contributed by atoms with Crippen LogP contribution in [0.3, 0.4) is 0 Å². The topological polar surface area (TPSA) is 62.1 Å². The van der Waals surface area contributed by atoms with E-state index in [1.54, 1.807) is 0 Å². The van der Waals surface area contributed by atoms with E-state index < -0.39 is 11.4 Å². The summed E-state index contributed by atoms with van der Waals surface area (Å²) in [6.07, 6.45) is 3.21. The van der Waals surface area contributed by atoms with E-state index in [1.165, 1.54) is 11.1 Å². The highest BCUT2D eigenvalue weighted by Crippen LogP contribution is 2.52. The summed E-state index contributed by atoms with van der Waals surface area (Å²) in [6.45, 7) is 8.13. The summed E-state index contributed by atoms with van der Waals surface area (Å²) in [5.74, 6) is 0. The summed E-state index contributed by atoms with van der Waals surface area (Å²) in [5.41, 5.74) is 3.29.